The molecule has 0 aliphatic heterocycles. The van der Waals surface area contributed by atoms with Crippen molar-refractivity contribution in [2.75, 3.05) is 7.11 Å². The maximum atomic E-state index is 13.5. The predicted molar refractivity (Wildman–Crippen MR) is 96.1 cm³/mol. The molecule has 0 radical (unpaired) electrons. The lowest BCUT2D eigenvalue weighted by Crippen LogP contribution is -2.56. The Balaban J connectivity index is 2.03. The SMILES string of the molecule is COC(=O)[C@](N)(Cc1cn(Cc2ccccc2)c2ccccc12)C(F)F. The van der Waals surface area contributed by atoms with Crippen molar-refractivity contribution in [2.24, 2.45) is 5.73 Å². The number of ether oxygens (including phenoxy) is 1. The number of esters is 1. The molecule has 1 atom stereocenters. The molecular formula is C20H20F2N2O2. The number of halogens is 2. The molecule has 0 fully saturated rings. The summed E-state index contributed by atoms with van der Waals surface area (Å²) in [5.74, 6) is -1.12. The van der Waals surface area contributed by atoms with Gasteiger partial charge in [0, 0.05) is 30.1 Å². The largest absolute Gasteiger partial charge is 0.467 e. The molecule has 3 rings (SSSR count). The van der Waals surface area contributed by atoms with Crippen LogP contribution in [0, 0.1) is 0 Å². The summed E-state index contributed by atoms with van der Waals surface area (Å²) in [6.45, 7) is 0.589. The maximum absolute atomic E-state index is 13.5. The standard InChI is InChI=1S/C20H20F2N2O2/c1-26-19(25)20(23,18(21)22)11-15-13-24(12-14-7-3-2-4-8-14)17-10-6-5-9-16(15)17/h2-10,13,18H,11-12,23H2,1H3/t20-/m0/s1. The number of carbonyl (C=O) groups is 1. The van der Waals surface area contributed by atoms with E-state index in [0.717, 1.165) is 23.6 Å². The van der Waals surface area contributed by atoms with Gasteiger partial charge in [0.25, 0.3) is 6.43 Å². The number of benzene rings is 2. The van der Waals surface area contributed by atoms with Gasteiger partial charge in [0.15, 0.2) is 5.54 Å². The van der Waals surface area contributed by atoms with Crippen molar-refractivity contribution in [3.05, 3.63) is 71.9 Å². The number of hydrogen-bond donors (Lipinski definition) is 1. The summed E-state index contributed by atoms with van der Waals surface area (Å²) in [5.41, 5.74) is 5.94. The summed E-state index contributed by atoms with van der Waals surface area (Å²) in [5, 5.41) is 0.794. The molecule has 0 aliphatic carbocycles. The maximum Gasteiger partial charge on any atom is 0.332 e. The van der Waals surface area contributed by atoms with E-state index < -0.39 is 17.9 Å². The van der Waals surface area contributed by atoms with Crippen molar-refractivity contribution in [3.63, 3.8) is 0 Å². The normalized spacial score (nSPS) is 13.7. The van der Waals surface area contributed by atoms with E-state index in [9.17, 15) is 13.6 Å². The Morgan fingerprint density at radius 2 is 1.81 bits per heavy atom. The van der Waals surface area contributed by atoms with Crippen molar-refractivity contribution in [1.29, 1.82) is 0 Å². The van der Waals surface area contributed by atoms with Crippen LogP contribution in [0.15, 0.2) is 60.8 Å². The molecule has 136 valence electrons. The molecule has 3 aromatic rings. The molecule has 0 saturated carbocycles. The van der Waals surface area contributed by atoms with Gasteiger partial charge in [-0.05, 0) is 17.2 Å². The molecule has 0 aliphatic rings. The molecule has 6 heteroatoms. The Hall–Kier alpha value is -2.73. The minimum absolute atomic E-state index is 0.306. The predicted octanol–water partition coefficient (Wildman–Crippen LogP) is 3.37. The first-order chi connectivity index (χ1) is 12.5. The number of carbonyl (C=O) groups excluding carboxylic acids is 1. The van der Waals surface area contributed by atoms with Crippen molar-refractivity contribution < 1.29 is 18.3 Å². The fourth-order valence-electron chi connectivity index (χ4n) is 3.12. The van der Waals surface area contributed by atoms with Gasteiger partial charge in [0.05, 0.1) is 7.11 Å². The zero-order valence-corrected chi connectivity index (χ0v) is 14.4. The third-order valence-corrected chi connectivity index (χ3v) is 4.50. The smallest absolute Gasteiger partial charge is 0.332 e. The molecule has 1 aromatic heterocycles. The highest BCUT2D eigenvalue weighted by atomic mass is 19.3. The zero-order chi connectivity index (χ0) is 18.7. The van der Waals surface area contributed by atoms with Crippen molar-refractivity contribution >= 4 is 16.9 Å². The number of aromatic nitrogens is 1. The average Bonchev–Trinajstić information content (AvgIpc) is 2.99. The number of alkyl halides is 2. The molecule has 0 bridgehead atoms. The second kappa shape index (κ2) is 7.25. The zero-order valence-electron chi connectivity index (χ0n) is 14.4. The van der Waals surface area contributed by atoms with Gasteiger partial charge in [-0.3, -0.25) is 0 Å². The highest BCUT2D eigenvalue weighted by molar-refractivity contribution is 5.87. The number of nitrogens with two attached hydrogens (primary N) is 1. The van der Waals surface area contributed by atoms with Crippen LogP contribution < -0.4 is 5.73 Å². The summed E-state index contributed by atoms with van der Waals surface area (Å²) in [7, 11) is 1.06. The van der Waals surface area contributed by atoms with Crippen LogP contribution >= 0.6 is 0 Å². The fraction of sp³-hybridized carbons (Fsp3) is 0.250. The van der Waals surface area contributed by atoms with E-state index in [1.165, 1.54) is 0 Å². The number of nitrogens with zero attached hydrogens (tertiary/aromatic N) is 1. The van der Waals surface area contributed by atoms with E-state index in [-0.39, 0.29) is 6.42 Å². The Morgan fingerprint density at radius 3 is 2.46 bits per heavy atom. The highest BCUT2D eigenvalue weighted by Crippen LogP contribution is 2.28. The second-order valence-electron chi connectivity index (χ2n) is 6.29. The number of hydrogen-bond acceptors (Lipinski definition) is 3. The van der Waals surface area contributed by atoms with Gasteiger partial charge in [0.2, 0.25) is 0 Å². The van der Waals surface area contributed by atoms with Crippen molar-refractivity contribution in [2.45, 2.75) is 24.9 Å². The van der Waals surface area contributed by atoms with Crippen LogP contribution in [0.4, 0.5) is 8.78 Å². The van der Waals surface area contributed by atoms with Crippen LogP contribution in [-0.4, -0.2) is 29.6 Å². The fourth-order valence-corrected chi connectivity index (χ4v) is 3.12. The first-order valence-electron chi connectivity index (χ1n) is 8.22. The first kappa shape index (κ1) is 18.1. The van der Waals surface area contributed by atoms with Gasteiger partial charge >= 0.3 is 5.97 Å². The van der Waals surface area contributed by atoms with Gasteiger partial charge in [0.1, 0.15) is 0 Å². The molecule has 0 saturated heterocycles. The van der Waals surface area contributed by atoms with Crippen LogP contribution in [0.5, 0.6) is 0 Å². The highest BCUT2D eigenvalue weighted by Gasteiger charge is 2.45. The molecule has 0 unspecified atom stereocenters. The van der Waals surface area contributed by atoms with Crippen molar-refractivity contribution in [3.8, 4) is 0 Å². The van der Waals surface area contributed by atoms with Gasteiger partial charge in [-0.15, -0.1) is 0 Å². The van der Waals surface area contributed by atoms with E-state index in [0.29, 0.717) is 12.1 Å². The van der Waals surface area contributed by atoms with E-state index in [2.05, 4.69) is 4.74 Å². The summed E-state index contributed by atoms with van der Waals surface area (Å²) in [4.78, 5) is 11.9. The van der Waals surface area contributed by atoms with Gasteiger partial charge < -0.3 is 15.0 Å². The summed E-state index contributed by atoms with van der Waals surface area (Å²) in [6.07, 6.45) is -1.56. The van der Waals surface area contributed by atoms with Gasteiger partial charge in [-0.1, -0.05) is 48.5 Å². The Labute approximate surface area is 150 Å². The molecule has 0 spiro atoms. The molecule has 1 heterocycles. The molecule has 4 nitrogen and oxygen atoms in total. The third-order valence-electron chi connectivity index (χ3n) is 4.50. The number of para-hydroxylation sites is 1. The van der Waals surface area contributed by atoms with E-state index in [1.54, 1.807) is 6.20 Å². The lowest BCUT2D eigenvalue weighted by atomic mass is 9.92. The number of methoxy groups -OCH3 is 1. The second-order valence-corrected chi connectivity index (χ2v) is 6.29. The monoisotopic (exact) mass is 358 g/mol. The van der Waals surface area contributed by atoms with E-state index >= 15 is 0 Å². The molecule has 2 N–H and O–H groups in total. The summed E-state index contributed by atoms with van der Waals surface area (Å²) in [6, 6.07) is 17.3. The molecular weight excluding hydrogens is 338 g/mol. The lowest BCUT2D eigenvalue weighted by molar-refractivity contribution is -0.153. The van der Waals surface area contributed by atoms with E-state index in [4.69, 9.17) is 5.73 Å². The third kappa shape index (κ3) is 3.32. The van der Waals surface area contributed by atoms with Gasteiger partial charge in [-0.25, -0.2) is 13.6 Å². The minimum atomic E-state index is -3.04. The van der Waals surface area contributed by atoms with Crippen molar-refractivity contribution in [1.82, 2.24) is 4.57 Å². The Kier molecular flexibility index (Phi) is 5.04. The Bertz CT molecular complexity index is 909. The topological polar surface area (TPSA) is 57.2 Å². The average molecular weight is 358 g/mol. The lowest BCUT2D eigenvalue weighted by Gasteiger charge is -2.25. The molecule has 0 amide bonds. The number of fused-ring (bicyclic) bond motifs is 1. The summed E-state index contributed by atoms with van der Waals surface area (Å²) >= 11 is 0. The van der Waals surface area contributed by atoms with Crippen LogP contribution in [0.2, 0.25) is 0 Å². The van der Waals surface area contributed by atoms with Crippen LogP contribution in [0.1, 0.15) is 11.1 Å². The molecule has 2 aromatic carbocycles. The minimum Gasteiger partial charge on any atom is -0.467 e. The van der Waals surface area contributed by atoms with E-state index in [1.807, 2.05) is 59.2 Å². The Morgan fingerprint density at radius 1 is 1.15 bits per heavy atom. The number of rotatable bonds is 6. The quantitative estimate of drug-likeness (QED) is 0.688. The first-order valence-corrected chi connectivity index (χ1v) is 8.22. The van der Waals surface area contributed by atoms with Crippen LogP contribution in [0.3, 0.4) is 0 Å². The van der Waals surface area contributed by atoms with Crippen LogP contribution in [0.25, 0.3) is 10.9 Å². The summed E-state index contributed by atoms with van der Waals surface area (Å²) < 4.78 is 33.5. The van der Waals surface area contributed by atoms with Crippen LogP contribution in [-0.2, 0) is 22.5 Å². The van der Waals surface area contributed by atoms with Gasteiger partial charge in [-0.2, -0.15) is 0 Å². The molecule has 26 heavy (non-hydrogen) atoms.